The summed E-state index contributed by atoms with van der Waals surface area (Å²) in [5.74, 6) is 1.12. The van der Waals surface area contributed by atoms with E-state index in [4.69, 9.17) is 9.73 Å². The molecule has 0 amide bonds. The minimum Gasteiger partial charge on any atom is -0.379 e. The Kier molecular flexibility index (Phi) is 5.75. The zero-order chi connectivity index (χ0) is 17.1. The van der Waals surface area contributed by atoms with Crippen LogP contribution in [0.4, 0.5) is 0 Å². The first-order valence-electron chi connectivity index (χ1n) is 10.1. The number of piperazine rings is 3. The van der Waals surface area contributed by atoms with Crippen molar-refractivity contribution in [2.24, 2.45) is 4.99 Å². The predicted molar refractivity (Wildman–Crippen MR) is 100 cm³/mol. The summed E-state index contributed by atoms with van der Waals surface area (Å²) >= 11 is 0. The summed E-state index contributed by atoms with van der Waals surface area (Å²) in [5.41, 5.74) is 0. The molecule has 2 unspecified atom stereocenters. The zero-order valence-electron chi connectivity index (χ0n) is 15.7. The van der Waals surface area contributed by atoms with Gasteiger partial charge >= 0.3 is 0 Å². The lowest BCUT2D eigenvalue weighted by Gasteiger charge is -2.47. The van der Waals surface area contributed by atoms with Gasteiger partial charge in [-0.2, -0.15) is 0 Å². The minimum absolute atomic E-state index is 0.605. The Morgan fingerprint density at radius 2 is 1.80 bits per heavy atom. The number of rotatable bonds is 4. The maximum absolute atomic E-state index is 5.50. The van der Waals surface area contributed by atoms with Gasteiger partial charge in [0.1, 0.15) is 0 Å². The van der Waals surface area contributed by atoms with E-state index in [1.165, 1.54) is 39.1 Å². The normalized spacial score (nSPS) is 36.8. The van der Waals surface area contributed by atoms with Crippen LogP contribution in [-0.4, -0.2) is 123 Å². The van der Waals surface area contributed by atoms with E-state index >= 15 is 0 Å². The lowest BCUT2D eigenvalue weighted by Crippen LogP contribution is -2.62. The Hall–Kier alpha value is -0.890. The molecule has 1 N–H and O–H groups in total. The van der Waals surface area contributed by atoms with E-state index in [0.29, 0.717) is 12.1 Å². The van der Waals surface area contributed by atoms with Crippen LogP contribution in [0.25, 0.3) is 0 Å². The van der Waals surface area contributed by atoms with Gasteiger partial charge in [0.05, 0.1) is 19.8 Å². The SMILES string of the molecule is CCNC(=NCC1CN2CCN1CC2)N1CCC(N2CCOCC2)C1. The van der Waals surface area contributed by atoms with Crippen molar-refractivity contribution >= 4 is 5.96 Å². The van der Waals surface area contributed by atoms with Crippen LogP contribution in [0.1, 0.15) is 13.3 Å². The van der Waals surface area contributed by atoms with Crippen molar-refractivity contribution in [3.8, 4) is 0 Å². The summed E-state index contributed by atoms with van der Waals surface area (Å²) in [7, 11) is 0. The molecule has 0 aromatic rings. The van der Waals surface area contributed by atoms with E-state index in [1.807, 2.05) is 0 Å². The molecule has 5 saturated heterocycles. The number of hydrogen-bond donors (Lipinski definition) is 1. The molecule has 2 bridgehead atoms. The van der Waals surface area contributed by atoms with Crippen molar-refractivity contribution in [3.63, 3.8) is 0 Å². The Balaban J connectivity index is 1.34. The molecule has 142 valence electrons. The second-order valence-corrected chi connectivity index (χ2v) is 7.72. The molecule has 5 rings (SSSR count). The number of likely N-dealkylation sites (tertiary alicyclic amines) is 1. The molecule has 2 atom stereocenters. The average Bonchev–Trinajstić information content (AvgIpc) is 3.17. The molecule has 5 aliphatic rings. The Morgan fingerprint density at radius 3 is 2.48 bits per heavy atom. The smallest absolute Gasteiger partial charge is 0.194 e. The molecular weight excluding hydrogens is 316 g/mol. The molecule has 7 nitrogen and oxygen atoms in total. The van der Waals surface area contributed by atoms with E-state index in [2.05, 4.69) is 31.8 Å². The van der Waals surface area contributed by atoms with Crippen LogP contribution in [0.2, 0.25) is 0 Å². The fraction of sp³-hybridized carbons (Fsp3) is 0.944. The molecule has 0 saturated carbocycles. The van der Waals surface area contributed by atoms with Crippen LogP contribution < -0.4 is 5.32 Å². The van der Waals surface area contributed by atoms with Gasteiger partial charge in [0.2, 0.25) is 0 Å². The number of hydrogen-bond acceptors (Lipinski definition) is 5. The summed E-state index contributed by atoms with van der Waals surface area (Å²) in [4.78, 5) is 15.3. The third kappa shape index (κ3) is 4.10. The van der Waals surface area contributed by atoms with Gasteiger partial charge in [-0.05, 0) is 13.3 Å². The minimum atomic E-state index is 0.605. The van der Waals surface area contributed by atoms with Crippen molar-refractivity contribution in [2.45, 2.75) is 25.4 Å². The van der Waals surface area contributed by atoms with Gasteiger partial charge in [-0.3, -0.25) is 19.7 Å². The van der Waals surface area contributed by atoms with Gasteiger partial charge in [0.25, 0.3) is 0 Å². The maximum Gasteiger partial charge on any atom is 0.194 e. The summed E-state index contributed by atoms with van der Waals surface area (Å²) < 4.78 is 5.50. The van der Waals surface area contributed by atoms with Gasteiger partial charge in [-0.1, -0.05) is 0 Å². The first-order chi connectivity index (χ1) is 12.3. The number of morpholine rings is 1. The number of ether oxygens (including phenoxy) is 1. The number of nitrogens with one attached hydrogen (secondary N) is 1. The number of aliphatic imine (C=N–C) groups is 1. The largest absolute Gasteiger partial charge is 0.379 e. The van der Waals surface area contributed by atoms with Crippen molar-refractivity contribution in [2.75, 3.05) is 85.2 Å². The van der Waals surface area contributed by atoms with Crippen LogP contribution in [0.3, 0.4) is 0 Å². The standard InChI is InChI=1S/C18H34N6O/c1-2-19-18(20-13-17-14-21-5-7-22(17)8-6-21)24-4-3-16(15-24)23-9-11-25-12-10-23/h16-17H,2-15H2,1H3,(H,19,20). The van der Waals surface area contributed by atoms with E-state index in [1.54, 1.807) is 0 Å². The number of guanidine groups is 1. The molecule has 5 heterocycles. The molecule has 0 aliphatic carbocycles. The van der Waals surface area contributed by atoms with Crippen LogP contribution in [0.5, 0.6) is 0 Å². The Bertz CT molecular complexity index is 458. The molecule has 0 radical (unpaired) electrons. The maximum atomic E-state index is 5.50. The van der Waals surface area contributed by atoms with Gasteiger partial charge in [-0.25, -0.2) is 0 Å². The van der Waals surface area contributed by atoms with Crippen molar-refractivity contribution < 1.29 is 4.74 Å². The van der Waals surface area contributed by atoms with Crippen LogP contribution in [-0.2, 0) is 4.74 Å². The van der Waals surface area contributed by atoms with E-state index in [9.17, 15) is 0 Å². The number of fused-ring (bicyclic) bond motifs is 3. The molecule has 5 aliphatic heterocycles. The molecular formula is C18H34N6O. The average molecular weight is 351 g/mol. The summed E-state index contributed by atoms with van der Waals surface area (Å²) in [5, 5.41) is 3.53. The molecule has 0 spiro atoms. The monoisotopic (exact) mass is 350 g/mol. The highest BCUT2D eigenvalue weighted by molar-refractivity contribution is 5.80. The molecule has 7 heteroatoms. The van der Waals surface area contributed by atoms with Crippen LogP contribution in [0.15, 0.2) is 4.99 Å². The van der Waals surface area contributed by atoms with E-state index < -0.39 is 0 Å². The molecule has 5 fully saturated rings. The van der Waals surface area contributed by atoms with Gasteiger partial charge in [-0.15, -0.1) is 0 Å². The van der Waals surface area contributed by atoms with Crippen molar-refractivity contribution in [1.29, 1.82) is 0 Å². The Morgan fingerprint density at radius 1 is 1.00 bits per heavy atom. The highest BCUT2D eigenvalue weighted by atomic mass is 16.5. The van der Waals surface area contributed by atoms with Gasteiger partial charge < -0.3 is 15.0 Å². The Labute approximate surface area is 152 Å². The zero-order valence-corrected chi connectivity index (χ0v) is 15.7. The van der Waals surface area contributed by atoms with Crippen molar-refractivity contribution in [1.82, 2.24) is 24.9 Å². The lowest BCUT2D eigenvalue weighted by molar-refractivity contribution is 0.0172. The van der Waals surface area contributed by atoms with Crippen LogP contribution in [0, 0.1) is 0 Å². The lowest BCUT2D eigenvalue weighted by atomic mass is 10.1. The van der Waals surface area contributed by atoms with Gasteiger partial charge in [0.15, 0.2) is 5.96 Å². The van der Waals surface area contributed by atoms with Crippen LogP contribution >= 0.6 is 0 Å². The third-order valence-corrected chi connectivity index (χ3v) is 6.20. The second-order valence-electron chi connectivity index (χ2n) is 7.72. The molecule has 25 heavy (non-hydrogen) atoms. The second kappa shape index (κ2) is 8.20. The van der Waals surface area contributed by atoms with E-state index in [-0.39, 0.29) is 0 Å². The summed E-state index contributed by atoms with van der Waals surface area (Å²) in [6.07, 6.45) is 1.24. The predicted octanol–water partition coefficient (Wildman–Crippen LogP) is -0.642. The summed E-state index contributed by atoms with van der Waals surface area (Å²) in [6, 6.07) is 1.27. The fourth-order valence-electron chi connectivity index (χ4n) is 4.69. The first kappa shape index (κ1) is 17.5. The first-order valence-corrected chi connectivity index (χ1v) is 10.1. The fourth-order valence-corrected chi connectivity index (χ4v) is 4.69. The van der Waals surface area contributed by atoms with Crippen molar-refractivity contribution in [3.05, 3.63) is 0 Å². The highest BCUT2D eigenvalue weighted by Gasteiger charge is 2.33. The quantitative estimate of drug-likeness (QED) is 0.538. The number of nitrogens with zero attached hydrogens (tertiary/aromatic N) is 5. The third-order valence-electron chi connectivity index (χ3n) is 6.20. The molecule has 0 aromatic heterocycles. The topological polar surface area (TPSA) is 46.6 Å². The highest BCUT2D eigenvalue weighted by Crippen LogP contribution is 2.18. The van der Waals surface area contributed by atoms with E-state index in [0.717, 1.165) is 58.4 Å². The molecule has 0 aromatic carbocycles. The summed E-state index contributed by atoms with van der Waals surface area (Å²) in [6.45, 7) is 16.3. The van der Waals surface area contributed by atoms with Gasteiger partial charge in [0, 0.05) is 77.5 Å².